The second-order valence-corrected chi connectivity index (χ2v) is 6.37. The molecule has 2 atom stereocenters. The lowest BCUT2D eigenvalue weighted by Crippen LogP contribution is -2.48. The number of nitrogens with one attached hydrogen (secondary N) is 1. The van der Waals surface area contributed by atoms with Crippen LogP contribution in [0.5, 0.6) is 0 Å². The number of nitrogens with zero attached hydrogens (tertiary/aromatic N) is 6. The molecule has 136 valence electrons. The molecule has 3 aromatic rings. The molecule has 4 heterocycles. The summed E-state index contributed by atoms with van der Waals surface area (Å²) in [5, 5.41) is 11.4. The van der Waals surface area contributed by atoms with E-state index in [1.54, 1.807) is 29.2 Å². The van der Waals surface area contributed by atoms with Crippen molar-refractivity contribution in [3.8, 4) is 0 Å². The first-order chi connectivity index (χ1) is 12.6. The van der Waals surface area contributed by atoms with E-state index in [1.165, 1.54) is 6.20 Å². The van der Waals surface area contributed by atoms with Crippen molar-refractivity contribution in [2.45, 2.75) is 12.1 Å². The van der Waals surface area contributed by atoms with Crippen molar-refractivity contribution in [1.29, 1.82) is 0 Å². The van der Waals surface area contributed by atoms with E-state index >= 15 is 0 Å². The number of aromatic nitrogens is 5. The first-order valence-corrected chi connectivity index (χ1v) is 8.51. The summed E-state index contributed by atoms with van der Waals surface area (Å²) in [6, 6.07) is 3.78. The van der Waals surface area contributed by atoms with Crippen molar-refractivity contribution in [2.75, 3.05) is 26.7 Å². The first-order valence-electron chi connectivity index (χ1n) is 8.51. The molecule has 0 aliphatic carbocycles. The van der Waals surface area contributed by atoms with Crippen LogP contribution in [0.2, 0.25) is 0 Å². The van der Waals surface area contributed by atoms with Crippen LogP contribution in [0.15, 0.2) is 36.9 Å². The Balaban J connectivity index is 1.50. The molecule has 1 aliphatic rings. The Morgan fingerprint density at radius 1 is 1.35 bits per heavy atom. The topological polar surface area (TPSA) is 89.6 Å². The van der Waals surface area contributed by atoms with E-state index in [0.29, 0.717) is 24.4 Å². The number of aryl methyl sites for hydroxylation is 1. The number of hydrogen-bond donors (Lipinski definition) is 1. The molecule has 0 unspecified atom stereocenters. The molecule has 3 aromatic heterocycles. The van der Waals surface area contributed by atoms with E-state index in [9.17, 15) is 4.79 Å². The number of likely N-dealkylation sites (N-methyl/N-ethyl adjacent to an activating group) is 1. The maximum absolute atomic E-state index is 12.6. The van der Waals surface area contributed by atoms with Crippen LogP contribution in [0.3, 0.4) is 0 Å². The van der Waals surface area contributed by atoms with Crippen LogP contribution >= 0.6 is 0 Å². The zero-order valence-corrected chi connectivity index (χ0v) is 14.7. The molecule has 0 spiro atoms. The van der Waals surface area contributed by atoms with Crippen molar-refractivity contribution in [3.63, 3.8) is 0 Å². The molecule has 1 saturated heterocycles. The number of fused-ring (bicyclic) bond motifs is 1. The molecule has 0 radical (unpaired) electrons. The lowest BCUT2D eigenvalue weighted by atomic mass is 10.0. The maximum Gasteiger partial charge on any atom is 0.256 e. The molecule has 0 saturated carbocycles. The van der Waals surface area contributed by atoms with Crippen LogP contribution in [0.1, 0.15) is 22.1 Å². The minimum atomic E-state index is -0.209. The zero-order valence-electron chi connectivity index (χ0n) is 14.7. The van der Waals surface area contributed by atoms with Gasteiger partial charge in [0, 0.05) is 38.7 Å². The van der Waals surface area contributed by atoms with Gasteiger partial charge in [-0.15, -0.1) is 0 Å². The van der Waals surface area contributed by atoms with Gasteiger partial charge in [-0.25, -0.2) is 9.50 Å². The van der Waals surface area contributed by atoms with E-state index in [1.807, 2.05) is 17.8 Å². The fourth-order valence-electron chi connectivity index (χ4n) is 3.40. The van der Waals surface area contributed by atoms with Gasteiger partial charge < -0.3 is 10.1 Å². The van der Waals surface area contributed by atoms with Gasteiger partial charge in [-0.2, -0.15) is 10.2 Å². The summed E-state index contributed by atoms with van der Waals surface area (Å²) >= 11 is 0. The highest BCUT2D eigenvalue weighted by molar-refractivity contribution is 5.99. The Bertz CT molecular complexity index is 919. The van der Waals surface area contributed by atoms with Gasteiger partial charge in [0.25, 0.3) is 5.91 Å². The van der Waals surface area contributed by atoms with Crippen molar-refractivity contribution in [1.82, 2.24) is 34.6 Å². The average molecular weight is 355 g/mol. The highest BCUT2D eigenvalue weighted by atomic mass is 16.5. The van der Waals surface area contributed by atoms with E-state index < -0.39 is 0 Å². The molecule has 1 amide bonds. The minimum absolute atomic E-state index is 0.0265. The van der Waals surface area contributed by atoms with Gasteiger partial charge in [0.1, 0.15) is 5.56 Å². The number of carbonyl (C=O) groups excluding carboxylic acids is 1. The summed E-state index contributed by atoms with van der Waals surface area (Å²) in [5.41, 5.74) is 2.05. The highest BCUT2D eigenvalue weighted by Crippen LogP contribution is 2.27. The number of hydrogen-bond acceptors (Lipinski definition) is 6. The van der Waals surface area contributed by atoms with Crippen LogP contribution in [-0.2, 0) is 11.8 Å². The molecule has 9 heteroatoms. The number of amides is 1. The quantitative estimate of drug-likeness (QED) is 0.722. The Kier molecular flexibility index (Phi) is 4.39. The first kappa shape index (κ1) is 16.7. The van der Waals surface area contributed by atoms with Gasteiger partial charge in [0.2, 0.25) is 0 Å². The Morgan fingerprint density at radius 3 is 3.04 bits per heavy atom. The predicted octanol–water partition coefficient (Wildman–Crippen LogP) is 0.265. The lowest BCUT2D eigenvalue weighted by molar-refractivity contribution is -0.0629. The number of morpholine rings is 1. The number of ether oxygens (including phenoxy) is 1. The van der Waals surface area contributed by atoms with Crippen molar-refractivity contribution < 1.29 is 9.53 Å². The predicted molar refractivity (Wildman–Crippen MR) is 93.6 cm³/mol. The Hall–Kier alpha value is -2.78. The van der Waals surface area contributed by atoms with Gasteiger partial charge in [-0.05, 0) is 19.2 Å². The molecule has 4 rings (SSSR count). The van der Waals surface area contributed by atoms with Crippen LogP contribution in [-0.4, -0.2) is 68.0 Å². The third-order valence-electron chi connectivity index (χ3n) is 4.75. The molecule has 9 nitrogen and oxygen atoms in total. The second-order valence-electron chi connectivity index (χ2n) is 6.37. The monoisotopic (exact) mass is 355 g/mol. The van der Waals surface area contributed by atoms with E-state index in [2.05, 4.69) is 32.4 Å². The SMILES string of the molecule is CN1CCO[C@@H](CNC(=O)c2cnn3cccnc23)[C@@H]1c1ccnn1C. The standard InChI is InChI=1S/C17H21N7O2/c1-22-8-9-26-14(15(22)13-4-6-20-23(13)2)11-19-17(25)12-10-21-24-7-3-5-18-16(12)24/h3-7,10,14-15H,8-9,11H2,1-2H3,(H,19,25)/t14-,15-/m0/s1. The van der Waals surface area contributed by atoms with Crippen molar-refractivity contribution in [2.24, 2.45) is 7.05 Å². The van der Waals surface area contributed by atoms with Crippen LogP contribution in [0, 0.1) is 0 Å². The average Bonchev–Trinajstić information content (AvgIpc) is 3.26. The molecule has 1 N–H and O–H groups in total. The fraction of sp³-hybridized carbons (Fsp3) is 0.412. The molecule has 1 aliphatic heterocycles. The molecule has 0 bridgehead atoms. The lowest BCUT2D eigenvalue weighted by Gasteiger charge is -2.39. The molecule has 1 fully saturated rings. The summed E-state index contributed by atoms with van der Waals surface area (Å²) in [6.07, 6.45) is 6.55. The summed E-state index contributed by atoms with van der Waals surface area (Å²) in [7, 11) is 3.97. The largest absolute Gasteiger partial charge is 0.373 e. The third-order valence-corrected chi connectivity index (χ3v) is 4.75. The van der Waals surface area contributed by atoms with E-state index in [4.69, 9.17) is 4.74 Å². The van der Waals surface area contributed by atoms with Crippen LogP contribution in [0.4, 0.5) is 0 Å². The number of carbonyl (C=O) groups is 1. The molecular formula is C17H21N7O2. The Morgan fingerprint density at radius 2 is 2.23 bits per heavy atom. The smallest absolute Gasteiger partial charge is 0.256 e. The summed E-state index contributed by atoms with van der Waals surface area (Å²) in [5.74, 6) is -0.209. The summed E-state index contributed by atoms with van der Waals surface area (Å²) in [6.45, 7) is 1.85. The third kappa shape index (κ3) is 2.95. The van der Waals surface area contributed by atoms with Crippen LogP contribution in [0.25, 0.3) is 5.65 Å². The van der Waals surface area contributed by atoms with E-state index in [-0.39, 0.29) is 18.1 Å². The zero-order chi connectivity index (χ0) is 18.1. The normalized spacial score (nSPS) is 21.2. The molecule has 26 heavy (non-hydrogen) atoms. The minimum Gasteiger partial charge on any atom is -0.373 e. The number of rotatable bonds is 4. The summed E-state index contributed by atoms with van der Waals surface area (Å²) < 4.78 is 9.39. The molecule has 0 aromatic carbocycles. The summed E-state index contributed by atoms with van der Waals surface area (Å²) in [4.78, 5) is 19.1. The van der Waals surface area contributed by atoms with E-state index in [0.717, 1.165) is 12.2 Å². The fourth-order valence-corrected chi connectivity index (χ4v) is 3.40. The van der Waals surface area contributed by atoms with Crippen molar-refractivity contribution in [3.05, 3.63) is 48.2 Å². The van der Waals surface area contributed by atoms with Gasteiger partial charge in [-0.1, -0.05) is 0 Å². The highest BCUT2D eigenvalue weighted by Gasteiger charge is 2.33. The van der Waals surface area contributed by atoms with Gasteiger partial charge in [0.15, 0.2) is 5.65 Å². The van der Waals surface area contributed by atoms with Crippen molar-refractivity contribution >= 4 is 11.6 Å². The molecular weight excluding hydrogens is 334 g/mol. The van der Waals surface area contributed by atoms with Gasteiger partial charge >= 0.3 is 0 Å². The second kappa shape index (κ2) is 6.85. The van der Waals surface area contributed by atoms with Gasteiger partial charge in [0.05, 0.1) is 30.6 Å². The van der Waals surface area contributed by atoms with Gasteiger partial charge in [-0.3, -0.25) is 14.4 Å². The Labute approximate surface area is 150 Å². The van der Waals surface area contributed by atoms with Crippen LogP contribution < -0.4 is 5.32 Å². The maximum atomic E-state index is 12.6.